The highest BCUT2D eigenvalue weighted by Crippen LogP contribution is 2.26. The van der Waals surface area contributed by atoms with Crippen molar-refractivity contribution in [2.75, 3.05) is 13.1 Å². The Hall–Kier alpha value is -1.69. The first-order valence-electron chi connectivity index (χ1n) is 6.25. The second-order valence-corrected chi connectivity index (χ2v) is 6.23. The van der Waals surface area contributed by atoms with Crippen LogP contribution in [-0.2, 0) is 11.2 Å². The Bertz CT molecular complexity index is 599. The van der Waals surface area contributed by atoms with Crippen LogP contribution < -0.4 is 0 Å². The molecule has 0 saturated carbocycles. The topological polar surface area (TPSA) is 59.2 Å². The summed E-state index contributed by atoms with van der Waals surface area (Å²) in [5, 5.41) is 4.01. The third-order valence-electron chi connectivity index (χ3n) is 3.29. The third-order valence-corrected chi connectivity index (χ3v) is 4.29. The molecule has 0 radical (unpaired) electrons. The Morgan fingerprint density at radius 2 is 2.32 bits per heavy atom. The number of hydrogen-bond donors (Lipinski definition) is 0. The summed E-state index contributed by atoms with van der Waals surface area (Å²) in [4.78, 5) is 19.8. The van der Waals surface area contributed by atoms with Gasteiger partial charge in [-0.05, 0) is 19.1 Å². The molecule has 0 aromatic carbocycles. The van der Waals surface area contributed by atoms with E-state index in [4.69, 9.17) is 4.52 Å². The molecule has 1 aliphatic rings. The van der Waals surface area contributed by atoms with E-state index >= 15 is 0 Å². The summed E-state index contributed by atoms with van der Waals surface area (Å²) in [6, 6.07) is 4.19. The zero-order valence-corrected chi connectivity index (χ0v) is 11.7. The van der Waals surface area contributed by atoms with Crippen LogP contribution in [0.2, 0.25) is 0 Å². The van der Waals surface area contributed by atoms with Crippen LogP contribution in [0.3, 0.4) is 0 Å². The van der Waals surface area contributed by atoms with E-state index in [1.165, 1.54) is 9.75 Å². The molecule has 0 aliphatic carbocycles. The van der Waals surface area contributed by atoms with Crippen LogP contribution in [0, 0.1) is 6.92 Å². The van der Waals surface area contributed by atoms with Gasteiger partial charge in [-0.2, -0.15) is 4.98 Å². The molecule has 5 nitrogen and oxygen atoms in total. The highest BCUT2D eigenvalue weighted by molar-refractivity contribution is 7.11. The van der Waals surface area contributed by atoms with Crippen LogP contribution in [0.4, 0.5) is 0 Å². The van der Waals surface area contributed by atoms with E-state index < -0.39 is 0 Å². The predicted octanol–water partition coefficient (Wildman–Crippen LogP) is 1.98. The minimum absolute atomic E-state index is 0.102. The Morgan fingerprint density at radius 3 is 2.95 bits per heavy atom. The SMILES string of the molecule is CC(=O)N1CC(c2nc(Cc3ccc(C)s3)no2)C1. The number of carbonyl (C=O) groups is 1. The van der Waals surface area contributed by atoms with Crippen LogP contribution in [0.1, 0.15) is 34.3 Å². The van der Waals surface area contributed by atoms with Gasteiger partial charge in [0.15, 0.2) is 5.82 Å². The van der Waals surface area contributed by atoms with Gasteiger partial charge in [0.2, 0.25) is 11.8 Å². The van der Waals surface area contributed by atoms with Crippen LogP contribution >= 0.6 is 11.3 Å². The Balaban J connectivity index is 1.63. The maximum Gasteiger partial charge on any atom is 0.233 e. The highest BCUT2D eigenvalue weighted by atomic mass is 32.1. The van der Waals surface area contributed by atoms with Gasteiger partial charge in [0.05, 0.1) is 5.92 Å². The molecule has 1 aliphatic heterocycles. The molecule has 3 rings (SSSR count). The third kappa shape index (κ3) is 2.53. The second kappa shape index (κ2) is 4.77. The first kappa shape index (κ1) is 12.3. The summed E-state index contributed by atoms with van der Waals surface area (Å²) < 4.78 is 5.28. The maximum atomic E-state index is 11.1. The summed E-state index contributed by atoms with van der Waals surface area (Å²) in [7, 11) is 0. The van der Waals surface area contributed by atoms with E-state index in [-0.39, 0.29) is 11.8 Å². The fourth-order valence-corrected chi connectivity index (χ4v) is 3.02. The molecule has 6 heteroatoms. The van der Waals surface area contributed by atoms with Gasteiger partial charge in [0, 0.05) is 36.2 Å². The van der Waals surface area contributed by atoms with Crippen molar-refractivity contribution < 1.29 is 9.32 Å². The highest BCUT2D eigenvalue weighted by Gasteiger charge is 2.33. The molecule has 0 unspecified atom stereocenters. The number of rotatable bonds is 3. The monoisotopic (exact) mass is 277 g/mol. The lowest BCUT2D eigenvalue weighted by Gasteiger charge is -2.36. The van der Waals surface area contributed by atoms with Crippen LogP contribution in [0.15, 0.2) is 16.7 Å². The molecular formula is C13H15N3O2S. The maximum absolute atomic E-state index is 11.1. The summed E-state index contributed by atoms with van der Waals surface area (Å²) in [6.07, 6.45) is 0.713. The van der Waals surface area contributed by atoms with Gasteiger partial charge in [-0.1, -0.05) is 5.16 Å². The molecular weight excluding hydrogens is 262 g/mol. The molecule has 0 atom stereocenters. The molecule has 100 valence electrons. The van der Waals surface area contributed by atoms with Crippen molar-refractivity contribution in [1.82, 2.24) is 15.0 Å². The van der Waals surface area contributed by atoms with Gasteiger partial charge >= 0.3 is 0 Å². The standard InChI is InChI=1S/C13H15N3O2S/c1-8-3-4-11(19-8)5-12-14-13(18-15-12)10-6-16(7-10)9(2)17/h3-4,10H,5-7H2,1-2H3. The quantitative estimate of drug-likeness (QED) is 0.860. The summed E-state index contributed by atoms with van der Waals surface area (Å²) >= 11 is 1.75. The first-order valence-corrected chi connectivity index (χ1v) is 7.07. The van der Waals surface area contributed by atoms with Crippen molar-refractivity contribution in [2.24, 2.45) is 0 Å². The Labute approximate surface area is 115 Å². The van der Waals surface area contributed by atoms with Crippen molar-refractivity contribution in [3.8, 4) is 0 Å². The average molecular weight is 277 g/mol. The van der Waals surface area contributed by atoms with Crippen molar-refractivity contribution in [3.63, 3.8) is 0 Å². The number of aryl methyl sites for hydroxylation is 1. The smallest absolute Gasteiger partial charge is 0.233 e. The number of carbonyl (C=O) groups excluding carboxylic acids is 1. The fraction of sp³-hybridized carbons (Fsp3) is 0.462. The van der Waals surface area contributed by atoms with E-state index in [1.807, 2.05) is 0 Å². The zero-order chi connectivity index (χ0) is 13.4. The first-order chi connectivity index (χ1) is 9.11. The lowest BCUT2D eigenvalue weighted by atomic mass is 10.0. The van der Waals surface area contributed by atoms with E-state index in [9.17, 15) is 4.79 Å². The summed E-state index contributed by atoms with van der Waals surface area (Å²) in [6.45, 7) is 5.04. The second-order valence-electron chi connectivity index (χ2n) is 4.86. The molecule has 3 heterocycles. The largest absolute Gasteiger partial charge is 0.341 e. The van der Waals surface area contributed by atoms with E-state index in [1.54, 1.807) is 23.2 Å². The molecule has 0 spiro atoms. The molecule has 19 heavy (non-hydrogen) atoms. The van der Waals surface area contributed by atoms with Gasteiger partial charge in [-0.15, -0.1) is 11.3 Å². The average Bonchev–Trinajstić information content (AvgIpc) is 2.86. The molecule has 1 amide bonds. The lowest BCUT2D eigenvalue weighted by Crippen LogP contribution is -2.47. The molecule has 2 aromatic rings. The fourth-order valence-electron chi connectivity index (χ4n) is 2.13. The lowest BCUT2D eigenvalue weighted by molar-refractivity contribution is -0.133. The van der Waals surface area contributed by atoms with E-state index in [2.05, 4.69) is 29.2 Å². The molecule has 1 fully saturated rings. The minimum atomic E-state index is 0.102. The van der Waals surface area contributed by atoms with Gasteiger partial charge in [-0.3, -0.25) is 4.79 Å². The van der Waals surface area contributed by atoms with Crippen LogP contribution in [0.5, 0.6) is 0 Å². The van der Waals surface area contributed by atoms with Crippen LogP contribution in [-0.4, -0.2) is 34.0 Å². The number of nitrogens with zero attached hydrogens (tertiary/aromatic N) is 3. The number of amides is 1. The molecule has 0 bridgehead atoms. The summed E-state index contributed by atoms with van der Waals surface area (Å²) in [5.74, 6) is 1.68. The number of aromatic nitrogens is 2. The van der Waals surface area contributed by atoms with Gasteiger partial charge < -0.3 is 9.42 Å². The minimum Gasteiger partial charge on any atom is -0.341 e. The van der Waals surface area contributed by atoms with E-state index in [0.717, 1.165) is 5.82 Å². The normalized spacial score (nSPS) is 15.6. The number of hydrogen-bond acceptors (Lipinski definition) is 5. The molecule has 0 N–H and O–H groups in total. The molecule has 2 aromatic heterocycles. The Morgan fingerprint density at radius 1 is 1.53 bits per heavy atom. The zero-order valence-electron chi connectivity index (χ0n) is 10.9. The van der Waals surface area contributed by atoms with Crippen molar-refractivity contribution >= 4 is 17.2 Å². The Kier molecular flexibility index (Phi) is 3.10. The predicted molar refractivity (Wildman–Crippen MR) is 71.2 cm³/mol. The molecule has 1 saturated heterocycles. The number of likely N-dealkylation sites (tertiary alicyclic amines) is 1. The van der Waals surface area contributed by atoms with Crippen molar-refractivity contribution in [3.05, 3.63) is 33.6 Å². The van der Waals surface area contributed by atoms with Gasteiger partial charge in [0.1, 0.15) is 0 Å². The van der Waals surface area contributed by atoms with E-state index in [0.29, 0.717) is 25.4 Å². The number of thiophene rings is 1. The van der Waals surface area contributed by atoms with Crippen LogP contribution in [0.25, 0.3) is 0 Å². The van der Waals surface area contributed by atoms with Gasteiger partial charge in [-0.25, -0.2) is 0 Å². The van der Waals surface area contributed by atoms with Crippen molar-refractivity contribution in [2.45, 2.75) is 26.2 Å². The van der Waals surface area contributed by atoms with Crippen molar-refractivity contribution in [1.29, 1.82) is 0 Å². The summed E-state index contributed by atoms with van der Waals surface area (Å²) in [5.41, 5.74) is 0. The van der Waals surface area contributed by atoms with Gasteiger partial charge in [0.25, 0.3) is 0 Å².